The molecule has 28 heavy (non-hydrogen) atoms. The zero-order valence-corrected chi connectivity index (χ0v) is 15.4. The summed E-state index contributed by atoms with van der Waals surface area (Å²) in [6.07, 6.45) is 8.45. The minimum atomic E-state index is -0.654. The van der Waals surface area contributed by atoms with Gasteiger partial charge in [-0.25, -0.2) is 19.2 Å². The number of urea groups is 1. The lowest BCUT2D eigenvalue weighted by Crippen LogP contribution is -2.49. The molecule has 2 N–H and O–H groups in total. The predicted molar refractivity (Wildman–Crippen MR) is 102 cm³/mol. The van der Waals surface area contributed by atoms with Gasteiger partial charge < -0.3 is 19.9 Å². The summed E-state index contributed by atoms with van der Waals surface area (Å²) in [7, 11) is 0. The largest absolute Gasteiger partial charge is 0.368 e. The van der Waals surface area contributed by atoms with Gasteiger partial charge in [0, 0.05) is 50.3 Å². The molecule has 0 spiro atoms. The molecule has 2 aromatic rings. The molecule has 0 aliphatic carbocycles. The molecule has 0 saturated carbocycles. The third kappa shape index (κ3) is 2.84. The average molecular weight is 381 g/mol. The van der Waals surface area contributed by atoms with Crippen molar-refractivity contribution in [2.75, 3.05) is 26.2 Å². The monoisotopic (exact) mass is 381 g/mol. The number of carbonyl (C=O) groups excluding carboxylic acids is 1. The molecule has 2 aromatic heterocycles. The molecule has 0 aromatic carbocycles. The number of fused-ring (bicyclic) bond motifs is 2. The standard InChI is InChI=1S/C19H20FN7O/c1-12-9-26-10-13(8-15(20)18(26)22-12)17-23-16-3-2-14(11-27(16)19(28)24-17)25-6-4-21-5-7-25/h2-3,8-11,17,21H,4-7H2,1H3,(H,24,28). The zero-order chi connectivity index (χ0) is 19.3. The van der Waals surface area contributed by atoms with Gasteiger partial charge in [0.2, 0.25) is 0 Å². The SMILES string of the molecule is Cc1cn2cc(C3N=C4C=CC(N5CCNCC5)=CN4C(=O)N3)cc(F)c2n1. The van der Waals surface area contributed by atoms with Gasteiger partial charge in [0.1, 0.15) is 5.84 Å². The summed E-state index contributed by atoms with van der Waals surface area (Å²) in [5.41, 5.74) is 2.53. The van der Waals surface area contributed by atoms with Crippen LogP contribution < -0.4 is 10.6 Å². The van der Waals surface area contributed by atoms with Gasteiger partial charge in [-0.05, 0) is 25.1 Å². The van der Waals surface area contributed by atoms with E-state index in [1.165, 1.54) is 11.0 Å². The maximum Gasteiger partial charge on any atom is 0.329 e. The molecule has 5 heterocycles. The summed E-state index contributed by atoms with van der Waals surface area (Å²) in [5.74, 6) is 0.0949. The summed E-state index contributed by atoms with van der Waals surface area (Å²) >= 11 is 0. The van der Waals surface area contributed by atoms with Crippen LogP contribution in [0.15, 0.2) is 47.5 Å². The van der Waals surface area contributed by atoms with Gasteiger partial charge in [-0.2, -0.15) is 0 Å². The number of halogens is 1. The number of hydrogen-bond acceptors (Lipinski definition) is 5. The Morgan fingerprint density at radius 2 is 2.04 bits per heavy atom. The van der Waals surface area contributed by atoms with Crippen molar-refractivity contribution < 1.29 is 9.18 Å². The minimum absolute atomic E-state index is 0.263. The second-order valence-corrected chi connectivity index (χ2v) is 7.07. The van der Waals surface area contributed by atoms with E-state index in [-0.39, 0.29) is 11.7 Å². The Labute approximate surface area is 161 Å². The van der Waals surface area contributed by atoms with Gasteiger partial charge in [-0.3, -0.25) is 4.90 Å². The third-order valence-corrected chi connectivity index (χ3v) is 5.10. The fourth-order valence-corrected chi connectivity index (χ4v) is 3.72. The number of aliphatic imine (C=N–C) groups is 1. The molecule has 0 bridgehead atoms. The molecular weight excluding hydrogens is 361 g/mol. The minimum Gasteiger partial charge on any atom is -0.368 e. The number of allylic oxidation sites excluding steroid dienone is 1. The van der Waals surface area contributed by atoms with Crippen LogP contribution in [0.4, 0.5) is 9.18 Å². The van der Waals surface area contributed by atoms with Gasteiger partial charge in [0.25, 0.3) is 0 Å². The molecule has 2 amide bonds. The summed E-state index contributed by atoms with van der Waals surface area (Å²) in [4.78, 5) is 25.2. The number of rotatable bonds is 2. The number of aryl methyl sites for hydroxylation is 1. The Bertz CT molecular complexity index is 1050. The summed E-state index contributed by atoms with van der Waals surface area (Å²) < 4.78 is 16.0. The Morgan fingerprint density at radius 3 is 2.86 bits per heavy atom. The first-order valence-corrected chi connectivity index (χ1v) is 9.26. The molecule has 5 rings (SSSR count). The van der Waals surface area contributed by atoms with E-state index >= 15 is 0 Å². The second-order valence-electron chi connectivity index (χ2n) is 7.07. The fourth-order valence-electron chi connectivity index (χ4n) is 3.72. The molecule has 8 nitrogen and oxygen atoms in total. The first-order valence-electron chi connectivity index (χ1n) is 9.26. The van der Waals surface area contributed by atoms with E-state index in [0.29, 0.717) is 11.4 Å². The highest BCUT2D eigenvalue weighted by Crippen LogP contribution is 2.25. The van der Waals surface area contributed by atoms with Crippen LogP contribution in [-0.2, 0) is 0 Å². The van der Waals surface area contributed by atoms with Crippen molar-refractivity contribution in [3.05, 3.63) is 59.6 Å². The lowest BCUT2D eigenvalue weighted by Gasteiger charge is -2.35. The number of nitrogens with zero attached hydrogens (tertiary/aromatic N) is 5. The zero-order valence-electron chi connectivity index (χ0n) is 15.4. The molecule has 0 radical (unpaired) electrons. The van der Waals surface area contributed by atoms with Crippen molar-refractivity contribution >= 4 is 17.5 Å². The Morgan fingerprint density at radius 1 is 1.21 bits per heavy atom. The van der Waals surface area contributed by atoms with Crippen LogP contribution in [0, 0.1) is 12.7 Å². The van der Waals surface area contributed by atoms with Crippen LogP contribution in [0.1, 0.15) is 17.4 Å². The summed E-state index contributed by atoms with van der Waals surface area (Å²) in [5, 5.41) is 6.16. The Hall–Kier alpha value is -3.20. The van der Waals surface area contributed by atoms with E-state index in [9.17, 15) is 9.18 Å². The van der Waals surface area contributed by atoms with Gasteiger partial charge in [0.05, 0.1) is 11.4 Å². The quantitative estimate of drug-likeness (QED) is 0.827. The lowest BCUT2D eigenvalue weighted by molar-refractivity contribution is 0.221. The topological polar surface area (TPSA) is 77.3 Å². The molecule has 144 valence electrons. The van der Waals surface area contributed by atoms with E-state index in [0.717, 1.165) is 37.6 Å². The molecule has 3 aliphatic rings. The maximum atomic E-state index is 14.4. The number of amides is 2. The Balaban J connectivity index is 1.46. The number of hydrogen-bond donors (Lipinski definition) is 2. The first kappa shape index (κ1) is 16.9. The van der Waals surface area contributed by atoms with Crippen LogP contribution in [0.25, 0.3) is 5.65 Å². The van der Waals surface area contributed by atoms with Crippen molar-refractivity contribution in [1.82, 2.24) is 29.8 Å². The van der Waals surface area contributed by atoms with Gasteiger partial charge in [-0.1, -0.05) is 0 Å². The highest BCUT2D eigenvalue weighted by molar-refractivity contribution is 6.07. The van der Waals surface area contributed by atoms with E-state index in [1.54, 1.807) is 23.0 Å². The third-order valence-electron chi connectivity index (χ3n) is 5.10. The van der Waals surface area contributed by atoms with Crippen LogP contribution in [0.2, 0.25) is 0 Å². The number of carbonyl (C=O) groups is 1. The molecule has 1 fully saturated rings. The highest BCUT2D eigenvalue weighted by Gasteiger charge is 2.30. The van der Waals surface area contributed by atoms with E-state index < -0.39 is 12.0 Å². The number of pyridine rings is 1. The van der Waals surface area contributed by atoms with Gasteiger partial charge >= 0.3 is 6.03 Å². The molecule has 1 unspecified atom stereocenters. The molecule has 1 atom stereocenters. The molecular formula is C19H20FN7O. The molecule has 9 heteroatoms. The lowest BCUT2D eigenvalue weighted by atomic mass is 10.2. The Kier molecular flexibility index (Phi) is 3.90. The smallest absolute Gasteiger partial charge is 0.329 e. The van der Waals surface area contributed by atoms with Crippen LogP contribution in [0.3, 0.4) is 0 Å². The van der Waals surface area contributed by atoms with Crippen LogP contribution in [0.5, 0.6) is 0 Å². The number of piperazine rings is 1. The summed E-state index contributed by atoms with van der Waals surface area (Å²) in [6.45, 7) is 5.43. The van der Waals surface area contributed by atoms with Crippen molar-refractivity contribution in [2.24, 2.45) is 4.99 Å². The molecule has 1 saturated heterocycles. The average Bonchev–Trinajstić information content (AvgIpc) is 3.09. The van der Waals surface area contributed by atoms with E-state index in [4.69, 9.17) is 0 Å². The number of amidine groups is 1. The van der Waals surface area contributed by atoms with Gasteiger partial charge in [0.15, 0.2) is 17.6 Å². The van der Waals surface area contributed by atoms with Crippen molar-refractivity contribution in [2.45, 2.75) is 13.1 Å². The predicted octanol–water partition coefficient (Wildman–Crippen LogP) is 1.52. The van der Waals surface area contributed by atoms with Crippen LogP contribution in [-0.4, -0.2) is 57.2 Å². The normalized spacial score (nSPS) is 22.1. The van der Waals surface area contributed by atoms with Crippen molar-refractivity contribution in [3.8, 4) is 0 Å². The maximum absolute atomic E-state index is 14.4. The number of nitrogens with one attached hydrogen (secondary N) is 2. The van der Waals surface area contributed by atoms with Crippen LogP contribution >= 0.6 is 0 Å². The van der Waals surface area contributed by atoms with Crippen molar-refractivity contribution in [3.63, 3.8) is 0 Å². The summed E-state index contributed by atoms with van der Waals surface area (Å²) in [6, 6.07) is 1.09. The highest BCUT2D eigenvalue weighted by atomic mass is 19.1. The molecule has 3 aliphatic heterocycles. The van der Waals surface area contributed by atoms with Crippen molar-refractivity contribution in [1.29, 1.82) is 0 Å². The number of imidazole rings is 1. The van der Waals surface area contributed by atoms with E-state index in [1.807, 2.05) is 19.1 Å². The first-order chi connectivity index (χ1) is 13.6. The van der Waals surface area contributed by atoms with Gasteiger partial charge in [-0.15, -0.1) is 0 Å². The van der Waals surface area contributed by atoms with E-state index in [2.05, 4.69) is 25.5 Å². The second kappa shape index (κ2) is 6.45. The number of aromatic nitrogens is 2. The fraction of sp³-hybridized carbons (Fsp3) is 0.316.